The highest BCUT2D eigenvalue weighted by Crippen LogP contribution is 2.39. The van der Waals surface area contributed by atoms with Crippen molar-refractivity contribution in [3.63, 3.8) is 0 Å². The van der Waals surface area contributed by atoms with Crippen LogP contribution in [0.25, 0.3) is 0 Å². The van der Waals surface area contributed by atoms with Crippen LogP contribution >= 0.6 is 27.5 Å². The van der Waals surface area contributed by atoms with Gasteiger partial charge < -0.3 is 5.73 Å². The molecule has 2 rings (SSSR count). The van der Waals surface area contributed by atoms with Crippen LogP contribution in [-0.2, 0) is 0 Å². The third-order valence-electron chi connectivity index (χ3n) is 4.40. The Morgan fingerprint density at radius 3 is 2.58 bits per heavy atom. The fourth-order valence-electron chi connectivity index (χ4n) is 3.01. The summed E-state index contributed by atoms with van der Waals surface area (Å²) in [5, 5.41) is 0.134. The zero-order chi connectivity index (χ0) is 14.0. The van der Waals surface area contributed by atoms with Gasteiger partial charge in [-0.1, -0.05) is 43.9 Å². The predicted molar refractivity (Wildman–Crippen MR) is 81.8 cm³/mol. The van der Waals surface area contributed by atoms with Crippen molar-refractivity contribution < 1.29 is 4.39 Å². The number of rotatable bonds is 3. The molecule has 0 aromatic heterocycles. The summed E-state index contributed by atoms with van der Waals surface area (Å²) >= 11 is 9.16. The van der Waals surface area contributed by atoms with Crippen molar-refractivity contribution in [2.45, 2.75) is 45.1 Å². The Labute approximate surface area is 127 Å². The maximum absolute atomic E-state index is 14.2. The molecule has 0 bridgehead atoms. The van der Waals surface area contributed by atoms with E-state index in [0.717, 1.165) is 18.8 Å². The predicted octanol–water partition coefficient (Wildman–Crippen LogP) is 5.46. The van der Waals surface area contributed by atoms with Gasteiger partial charge in [0.25, 0.3) is 0 Å². The Balaban J connectivity index is 2.12. The lowest BCUT2D eigenvalue weighted by atomic mass is 9.76. The second-order valence-electron chi connectivity index (χ2n) is 5.48. The molecule has 1 aliphatic rings. The van der Waals surface area contributed by atoms with Crippen LogP contribution in [0.2, 0.25) is 5.02 Å². The molecule has 1 saturated carbocycles. The van der Waals surface area contributed by atoms with Gasteiger partial charge in [-0.2, -0.15) is 0 Å². The first kappa shape index (κ1) is 15.3. The molecule has 1 aromatic carbocycles. The molecule has 1 aromatic rings. The fourth-order valence-corrected chi connectivity index (χ4v) is 3.49. The van der Waals surface area contributed by atoms with Crippen LogP contribution < -0.4 is 5.73 Å². The van der Waals surface area contributed by atoms with Gasteiger partial charge in [-0.05, 0) is 46.7 Å². The summed E-state index contributed by atoms with van der Waals surface area (Å²) in [6.45, 7) is 2.24. The largest absolute Gasteiger partial charge is 0.324 e. The number of benzene rings is 1. The maximum Gasteiger partial charge on any atom is 0.147 e. The fraction of sp³-hybridized carbons (Fsp3) is 0.600. The molecule has 0 amide bonds. The van der Waals surface area contributed by atoms with E-state index >= 15 is 0 Å². The summed E-state index contributed by atoms with van der Waals surface area (Å²) in [5.74, 6) is 0.817. The Bertz CT molecular complexity index is 444. The molecular formula is C15H20BrClFN. The van der Waals surface area contributed by atoms with Crippen molar-refractivity contribution in [3.05, 3.63) is 33.0 Å². The summed E-state index contributed by atoms with van der Waals surface area (Å²) in [6.07, 6.45) is 5.83. The molecule has 1 nitrogen and oxygen atoms in total. The van der Waals surface area contributed by atoms with Crippen LogP contribution in [0.5, 0.6) is 0 Å². The summed E-state index contributed by atoms with van der Waals surface area (Å²) in [5.41, 5.74) is 6.81. The second-order valence-corrected chi connectivity index (χ2v) is 6.71. The molecule has 0 aliphatic heterocycles. The highest BCUT2D eigenvalue weighted by Gasteiger charge is 2.28. The first-order valence-electron chi connectivity index (χ1n) is 6.93. The molecule has 0 radical (unpaired) electrons. The van der Waals surface area contributed by atoms with E-state index in [2.05, 4.69) is 22.9 Å². The minimum absolute atomic E-state index is 0.134. The zero-order valence-corrected chi connectivity index (χ0v) is 13.5. The lowest BCUT2D eigenvalue weighted by Gasteiger charge is -2.32. The normalized spacial score (nSPS) is 25.3. The van der Waals surface area contributed by atoms with Crippen LogP contribution in [0.15, 0.2) is 16.6 Å². The Hall–Kier alpha value is -0.120. The van der Waals surface area contributed by atoms with Gasteiger partial charge in [-0.25, -0.2) is 4.39 Å². The highest BCUT2D eigenvalue weighted by atomic mass is 79.9. The van der Waals surface area contributed by atoms with E-state index in [0.29, 0.717) is 16.0 Å². The van der Waals surface area contributed by atoms with E-state index in [4.69, 9.17) is 17.3 Å². The van der Waals surface area contributed by atoms with Crippen molar-refractivity contribution >= 4 is 27.5 Å². The smallest absolute Gasteiger partial charge is 0.147 e. The van der Waals surface area contributed by atoms with Crippen molar-refractivity contribution in [1.82, 2.24) is 0 Å². The van der Waals surface area contributed by atoms with Gasteiger partial charge in [0, 0.05) is 16.1 Å². The van der Waals surface area contributed by atoms with Crippen molar-refractivity contribution in [2.75, 3.05) is 0 Å². The Morgan fingerprint density at radius 2 is 2.00 bits per heavy atom. The monoisotopic (exact) mass is 347 g/mol. The van der Waals surface area contributed by atoms with E-state index in [1.165, 1.54) is 19.3 Å². The first-order valence-corrected chi connectivity index (χ1v) is 8.10. The van der Waals surface area contributed by atoms with E-state index in [9.17, 15) is 4.39 Å². The molecule has 0 spiro atoms. The molecule has 0 saturated heterocycles. The summed E-state index contributed by atoms with van der Waals surface area (Å²) in [7, 11) is 0. The molecule has 1 fully saturated rings. The molecule has 2 N–H and O–H groups in total. The average molecular weight is 349 g/mol. The highest BCUT2D eigenvalue weighted by molar-refractivity contribution is 9.10. The van der Waals surface area contributed by atoms with Gasteiger partial charge in [-0.3, -0.25) is 0 Å². The topological polar surface area (TPSA) is 26.0 Å². The quantitative estimate of drug-likeness (QED) is 0.721. The Kier molecular flexibility index (Phi) is 5.27. The molecule has 106 valence electrons. The number of hydrogen-bond donors (Lipinski definition) is 1. The van der Waals surface area contributed by atoms with Gasteiger partial charge in [0.15, 0.2) is 0 Å². The van der Waals surface area contributed by atoms with Crippen molar-refractivity contribution in [2.24, 2.45) is 17.6 Å². The Morgan fingerprint density at radius 1 is 1.37 bits per heavy atom. The van der Waals surface area contributed by atoms with Gasteiger partial charge in [-0.15, -0.1) is 0 Å². The molecule has 0 heterocycles. The van der Waals surface area contributed by atoms with Crippen LogP contribution in [-0.4, -0.2) is 0 Å². The molecular weight excluding hydrogens is 329 g/mol. The minimum Gasteiger partial charge on any atom is -0.324 e. The van der Waals surface area contributed by atoms with Gasteiger partial charge in [0.2, 0.25) is 0 Å². The number of hydrogen-bond acceptors (Lipinski definition) is 1. The van der Waals surface area contributed by atoms with Crippen LogP contribution in [0.1, 0.15) is 50.6 Å². The summed E-state index contributed by atoms with van der Waals surface area (Å²) in [6, 6.07) is 3.28. The molecule has 1 unspecified atom stereocenters. The maximum atomic E-state index is 14.2. The second kappa shape index (κ2) is 6.55. The third kappa shape index (κ3) is 3.32. The van der Waals surface area contributed by atoms with Gasteiger partial charge in [0.1, 0.15) is 5.82 Å². The number of nitrogens with two attached hydrogens (primary N) is 1. The molecule has 1 atom stereocenters. The first-order chi connectivity index (χ1) is 9.04. The lowest BCUT2D eigenvalue weighted by molar-refractivity contribution is 0.237. The number of halogens is 3. The molecule has 1 aliphatic carbocycles. The molecule has 4 heteroatoms. The summed E-state index contributed by atoms with van der Waals surface area (Å²) in [4.78, 5) is 0. The van der Waals surface area contributed by atoms with E-state index in [1.54, 1.807) is 12.1 Å². The molecule has 19 heavy (non-hydrogen) atoms. The van der Waals surface area contributed by atoms with Crippen LogP contribution in [0.4, 0.5) is 4.39 Å². The third-order valence-corrected chi connectivity index (χ3v) is 5.66. The standard InChI is InChI=1S/C15H20BrClFN/c1-2-9-3-5-10(6-4-9)15(19)11-7-8-12(16)13(17)14(11)18/h7-10,15H,2-6,19H2,1H3. The van der Waals surface area contributed by atoms with E-state index in [1.807, 2.05) is 0 Å². The lowest BCUT2D eigenvalue weighted by Crippen LogP contribution is -2.26. The summed E-state index contributed by atoms with van der Waals surface area (Å²) < 4.78 is 14.7. The zero-order valence-electron chi connectivity index (χ0n) is 11.1. The van der Waals surface area contributed by atoms with E-state index < -0.39 is 0 Å². The van der Waals surface area contributed by atoms with Gasteiger partial charge >= 0.3 is 0 Å². The van der Waals surface area contributed by atoms with Crippen LogP contribution in [0.3, 0.4) is 0 Å². The van der Waals surface area contributed by atoms with Crippen molar-refractivity contribution in [1.29, 1.82) is 0 Å². The van der Waals surface area contributed by atoms with E-state index in [-0.39, 0.29) is 16.9 Å². The van der Waals surface area contributed by atoms with Gasteiger partial charge in [0.05, 0.1) is 5.02 Å². The minimum atomic E-state index is -0.374. The van der Waals surface area contributed by atoms with Crippen LogP contribution in [0, 0.1) is 17.7 Å². The average Bonchev–Trinajstić information content (AvgIpc) is 2.44. The van der Waals surface area contributed by atoms with Crippen molar-refractivity contribution in [3.8, 4) is 0 Å². The SMILES string of the molecule is CCC1CCC(C(N)c2ccc(Br)c(Cl)c2F)CC1.